The standard InChI is InChI=1S/C13H15N3O2/c1-9-15-13(18-16-9)11-4-2-10(3-5-11)12-8-14-6-7-17-12/h2-5,12,14H,6-8H2,1H3/t12-/m1/s1. The second-order valence-corrected chi connectivity index (χ2v) is 4.33. The van der Waals surface area contributed by atoms with E-state index < -0.39 is 0 Å². The van der Waals surface area contributed by atoms with Crippen molar-refractivity contribution in [1.82, 2.24) is 15.5 Å². The molecule has 2 heterocycles. The number of aromatic nitrogens is 2. The molecule has 0 aliphatic carbocycles. The summed E-state index contributed by atoms with van der Waals surface area (Å²) < 4.78 is 10.8. The fourth-order valence-corrected chi connectivity index (χ4v) is 2.03. The van der Waals surface area contributed by atoms with E-state index in [0.29, 0.717) is 11.7 Å². The minimum atomic E-state index is 0.136. The second kappa shape index (κ2) is 4.88. The van der Waals surface area contributed by atoms with Gasteiger partial charge in [0.25, 0.3) is 5.89 Å². The van der Waals surface area contributed by atoms with Crippen LogP contribution in [0, 0.1) is 6.92 Å². The molecule has 0 bridgehead atoms. The molecule has 0 amide bonds. The first-order valence-electron chi connectivity index (χ1n) is 6.06. The summed E-state index contributed by atoms with van der Waals surface area (Å²) in [7, 11) is 0. The molecule has 18 heavy (non-hydrogen) atoms. The lowest BCUT2D eigenvalue weighted by Gasteiger charge is -2.23. The Morgan fingerprint density at radius 1 is 1.28 bits per heavy atom. The normalized spacial score (nSPS) is 19.9. The van der Waals surface area contributed by atoms with Crippen molar-refractivity contribution in [3.05, 3.63) is 35.7 Å². The average molecular weight is 245 g/mol. The van der Waals surface area contributed by atoms with Crippen LogP contribution < -0.4 is 5.32 Å². The Kier molecular flexibility index (Phi) is 3.08. The van der Waals surface area contributed by atoms with Crippen LogP contribution >= 0.6 is 0 Å². The van der Waals surface area contributed by atoms with Gasteiger partial charge in [0.05, 0.1) is 12.7 Å². The molecule has 5 nitrogen and oxygen atoms in total. The summed E-state index contributed by atoms with van der Waals surface area (Å²) in [6, 6.07) is 8.07. The Hall–Kier alpha value is -1.72. The van der Waals surface area contributed by atoms with E-state index >= 15 is 0 Å². The number of morpholine rings is 1. The maximum atomic E-state index is 5.70. The zero-order valence-corrected chi connectivity index (χ0v) is 10.2. The fourth-order valence-electron chi connectivity index (χ4n) is 2.03. The first-order valence-corrected chi connectivity index (χ1v) is 6.06. The molecule has 1 atom stereocenters. The molecule has 1 aromatic carbocycles. The van der Waals surface area contributed by atoms with E-state index in [9.17, 15) is 0 Å². The van der Waals surface area contributed by atoms with E-state index in [0.717, 1.165) is 25.3 Å². The van der Waals surface area contributed by atoms with E-state index in [-0.39, 0.29) is 6.10 Å². The van der Waals surface area contributed by atoms with Gasteiger partial charge in [-0.05, 0) is 24.6 Å². The predicted molar refractivity (Wildman–Crippen MR) is 66.0 cm³/mol. The Morgan fingerprint density at radius 2 is 2.11 bits per heavy atom. The molecule has 1 aliphatic heterocycles. The Morgan fingerprint density at radius 3 is 2.72 bits per heavy atom. The highest BCUT2D eigenvalue weighted by molar-refractivity contribution is 5.53. The summed E-state index contributed by atoms with van der Waals surface area (Å²) in [5.41, 5.74) is 2.10. The molecule has 94 valence electrons. The van der Waals surface area contributed by atoms with Crippen LogP contribution in [0.1, 0.15) is 17.5 Å². The summed E-state index contributed by atoms with van der Waals surface area (Å²) in [5, 5.41) is 7.10. The zero-order valence-electron chi connectivity index (χ0n) is 10.2. The van der Waals surface area contributed by atoms with E-state index in [1.807, 2.05) is 31.2 Å². The highest BCUT2D eigenvalue weighted by atomic mass is 16.5. The molecule has 1 fully saturated rings. The van der Waals surface area contributed by atoms with Gasteiger partial charge in [-0.15, -0.1) is 0 Å². The van der Waals surface area contributed by atoms with Gasteiger partial charge in [-0.1, -0.05) is 17.3 Å². The summed E-state index contributed by atoms with van der Waals surface area (Å²) in [5.74, 6) is 1.20. The Labute approximate surface area is 105 Å². The lowest BCUT2D eigenvalue weighted by molar-refractivity contribution is 0.0277. The number of rotatable bonds is 2. The minimum Gasteiger partial charge on any atom is -0.371 e. The molecule has 1 aliphatic rings. The molecule has 0 spiro atoms. The summed E-state index contributed by atoms with van der Waals surface area (Å²) in [6.07, 6.45) is 0.136. The van der Waals surface area contributed by atoms with Crippen LogP contribution in [0.25, 0.3) is 11.5 Å². The Bertz CT molecular complexity index is 515. The van der Waals surface area contributed by atoms with E-state index in [2.05, 4.69) is 15.5 Å². The van der Waals surface area contributed by atoms with Gasteiger partial charge in [0.15, 0.2) is 5.82 Å². The maximum Gasteiger partial charge on any atom is 0.257 e. The molecular formula is C13H15N3O2. The van der Waals surface area contributed by atoms with Crippen molar-refractivity contribution >= 4 is 0 Å². The van der Waals surface area contributed by atoms with Gasteiger partial charge in [-0.25, -0.2) is 0 Å². The van der Waals surface area contributed by atoms with Crippen LogP contribution in [0.4, 0.5) is 0 Å². The highest BCUT2D eigenvalue weighted by Crippen LogP contribution is 2.23. The van der Waals surface area contributed by atoms with Crippen molar-refractivity contribution in [3.63, 3.8) is 0 Å². The third-order valence-corrected chi connectivity index (χ3v) is 2.98. The van der Waals surface area contributed by atoms with Gasteiger partial charge < -0.3 is 14.6 Å². The molecule has 1 aromatic heterocycles. The molecule has 2 aromatic rings. The highest BCUT2D eigenvalue weighted by Gasteiger charge is 2.15. The zero-order chi connectivity index (χ0) is 12.4. The van der Waals surface area contributed by atoms with Gasteiger partial charge in [0.2, 0.25) is 0 Å². The van der Waals surface area contributed by atoms with E-state index in [1.54, 1.807) is 0 Å². The smallest absolute Gasteiger partial charge is 0.257 e. The molecule has 1 N–H and O–H groups in total. The van der Waals surface area contributed by atoms with Crippen molar-refractivity contribution in [2.45, 2.75) is 13.0 Å². The lowest BCUT2D eigenvalue weighted by Crippen LogP contribution is -2.33. The monoisotopic (exact) mass is 245 g/mol. The molecule has 3 rings (SSSR count). The number of benzene rings is 1. The molecule has 1 saturated heterocycles. The number of ether oxygens (including phenoxy) is 1. The maximum absolute atomic E-state index is 5.70. The van der Waals surface area contributed by atoms with Gasteiger partial charge in [-0.3, -0.25) is 0 Å². The van der Waals surface area contributed by atoms with E-state index in [1.165, 1.54) is 5.56 Å². The molecule has 0 saturated carbocycles. The number of aryl methyl sites for hydroxylation is 1. The van der Waals surface area contributed by atoms with Crippen LogP contribution in [-0.2, 0) is 4.74 Å². The third-order valence-electron chi connectivity index (χ3n) is 2.98. The quantitative estimate of drug-likeness (QED) is 0.872. The number of hydrogen-bond acceptors (Lipinski definition) is 5. The molecular weight excluding hydrogens is 230 g/mol. The topological polar surface area (TPSA) is 60.2 Å². The SMILES string of the molecule is Cc1noc(-c2ccc([C@H]3CNCCO3)cc2)n1. The van der Waals surface area contributed by atoms with Crippen LogP contribution in [0.5, 0.6) is 0 Å². The van der Waals surface area contributed by atoms with Crippen LogP contribution in [0.15, 0.2) is 28.8 Å². The number of nitrogens with one attached hydrogen (secondary N) is 1. The van der Waals surface area contributed by atoms with Crippen molar-refractivity contribution in [2.24, 2.45) is 0 Å². The van der Waals surface area contributed by atoms with Crippen LogP contribution in [-0.4, -0.2) is 29.8 Å². The van der Waals surface area contributed by atoms with Crippen molar-refractivity contribution in [2.75, 3.05) is 19.7 Å². The summed E-state index contributed by atoms with van der Waals surface area (Å²) in [4.78, 5) is 4.20. The van der Waals surface area contributed by atoms with Gasteiger partial charge >= 0.3 is 0 Å². The Balaban J connectivity index is 1.80. The van der Waals surface area contributed by atoms with Crippen molar-refractivity contribution in [3.8, 4) is 11.5 Å². The van der Waals surface area contributed by atoms with Crippen LogP contribution in [0.2, 0.25) is 0 Å². The fraction of sp³-hybridized carbons (Fsp3) is 0.385. The van der Waals surface area contributed by atoms with Gasteiger partial charge in [-0.2, -0.15) is 4.98 Å². The van der Waals surface area contributed by atoms with Crippen LogP contribution in [0.3, 0.4) is 0 Å². The molecule has 0 radical (unpaired) electrons. The summed E-state index contributed by atoms with van der Waals surface area (Å²) in [6.45, 7) is 4.35. The lowest BCUT2D eigenvalue weighted by atomic mass is 10.1. The number of hydrogen-bond donors (Lipinski definition) is 1. The van der Waals surface area contributed by atoms with Crippen molar-refractivity contribution in [1.29, 1.82) is 0 Å². The second-order valence-electron chi connectivity index (χ2n) is 4.33. The summed E-state index contributed by atoms with van der Waals surface area (Å²) >= 11 is 0. The predicted octanol–water partition coefficient (Wildman–Crippen LogP) is 1.71. The van der Waals surface area contributed by atoms with Crippen molar-refractivity contribution < 1.29 is 9.26 Å². The number of nitrogens with zero attached hydrogens (tertiary/aromatic N) is 2. The molecule has 5 heteroatoms. The van der Waals surface area contributed by atoms with Gasteiger partial charge in [0.1, 0.15) is 0 Å². The largest absolute Gasteiger partial charge is 0.371 e. The first-order chi connectivity index (χ1) is 8.83. The average Bonchev–Trinajstić information content (AvgIpc) is 2.87. The third kappa shape index (κ3) is 2.27. The minimum absolute atomic E-state index is 0.136. The van der Waals surface area contributed by atoms with Gasteiger partial charge in [0, 0.05) is 18.7 Å². The first kappa shape index (κ1) is 11.4. The molecule has 0 unspecified atom stereocenters. The van der Waals surface area contributed by atoms with E-state index in [4.69, 9.17) is 9.26 Å².